The highest BCUT2D eigenvalue weighted by atomic mass is 16.5. The van der Waals surface area contributed by atoms with Crippen LogP contribution in [0.15, 0.2) is 48.7 Å². The van der Waals surface area contributed by atoms with Crippen LogP contribution in [0, 0.1) is 11.8 Å². The first-order valence-electron chi connectivity index (χ1n) is 12.2. The molecule has 8 heteroatoms. The van der Waals surface area contributed by atoms with Crippen molar-refractivity contribution in [2.75, 3.05) is 30.8 Å². The number of nitrogen functional groups attached to an aromatic ring is 1. The molecule has 2 aromatic carbocycles. The van der Waals surface area contributed by atoms with Gasteiger partial charge in [-0.05, 0) is 73.6 Å². The minimum absolute atomic E-state index is 0.146. The normalized spacial score (nSPS) is 18.5. The van der Waals surface area contributed by atoms with Crippen LogP contribution in [-0.4, -0.2) is 35.6 Å². The van der Waals surface area contributed by atoms with Gasteiger partial charge in [-0.2, -0.15) is 0 Å². The fraction of sp³-hybridized carbons (Fsp3) is 0.370. The molecular formula is C27H31N5O3. The largest absolute Gasteiger partial charge is 0.493 e. The van der Waals surface area contributed by atoms with Crippen molar-refractivity contribution in [2.24, 2.45) is 11.8 Å². The van der Waals surface area contributed by atoms with E-state index in [1.165, 1.54) is 12.8 Å². The summed E-state index contributed by atoms with van der Waals surface area (Å²) in [6.07, 6.45) is 4.97. The first kappa shape index (κ1) is 23.1. The number of ether oxygens (including phenoxy) is 2. The second kappa shape index (κ2) is 10.3. The Morgan fingerprint density at radius 2 is 2.03 bits per heavy atom. The summed E-state index contributed by atoms with van der Waals surface area (Å²) in [7, 11) is 0. The minimum Gasteiger partial charge on any atom is -0.493 e. The number of benzene rings is 2. The van der Waals surface area contributed by atoms with E-state index in [2.05, 4.69) is 27.5 Å². The number of carbonyl (C=O) groups is 1. The lowest BCUT2D eigenvalue weighted by atomic mass is 10.1. The molecule has 0 saturated heterocycles. The van der Waals surface area contributed by atoms with Crippen LogP contribution in [0.2, 0.25) is 0 Å². The van der Waals surface area contributed by atoms with Gasteiger partial charge in [0.05, 0.1) is 18.9 Å². The fourth-order valence-electron chi connectivity index (χ4n) is 4.03. The van der Waals surface area contributed by atoms with Crippen LogP contribution in [0.1, 0.15) is 42.1 Å². The lowest BCUT2D eigenvalue weighted by Gasteiger charge is -2.16. The maximum atomic E-state index is 12.6. The summed E-state index contributed by atoms with van der Waals surface area (Å²) in [6, 6.07) is 13.1. The Morgan fingerprint density at radius 3 is 2.86 bits per heavy atom. The van der Waals surface area contributed by atoms with E-state index in [4.69, 9.17) is 15.2 Å². The monoisotopic (exact) mass is 473 g/mol. The highest BCUT2D eigenvalue weighted by Crippen LogP contribution is 2.32. The van der Waals surface area contributed by atoms with Gasteiger partial charge in [0.15, 0.2) is 0 Å². The van der Waals surface area contributed by atoms with Crippen LogP contribution in [0.25, 0.3) is 11.3 Å². The van der Waals surface area contributed by atoms with E-state index in [9.17, 15) is 4.79 Å². The Bertz CT molecular complexity index is 1210. The molecule has 6 rings (SSSR count). The van der Waals surface area contributed by atoms with E-state index in [1.54, 1.807) is 24.4 Å². The molecular weight excluding hydrogens is 442 g/mol. The van der Waals surface area contributed by atoms with Gasteiger partial charge >= 0.3 is 0 Å². The summed E-state index contributed by atoms with van der Waals surface area (Å²) < 4.78 is 12.1. The van der Waals surface area contributed by atoms with Gasteiger partial charge in [0.1, 0.15) is 5.75 Å². The quantitative estimate of drug-likeness (QED) is 0.479. The zero-order valence-corrected chi connectivity index (χ0v) is 19.9. The average molecular weight is 474 g/mol. The molecule has 1 aliphatic carbocycles. The van der Waals surface area contributed by atoms with Crippen LogP contribution in [0.3, 0.4) is 0 Å². The number of nitrogens with one attached hydrogen (secondary N) is 2. The van der Waals surface area contributed by atoms with Gasteiger partial charge in [-0.1, -0.05) is 6.92 Å². The molecule has 3 heterocycles. The van der Waals surface area contributed by atoms with Crippen molar-refractivity contribution in [1.29, 1.82) is 0 Å². The van der Waals surface area contributed by atoms with Crippen molar-refractivity contribution in [3.8, 4) is 17.0 Å². The standard InChI is InChI=1S/C27H31N5O3/c1-17-8-10-29-26(33)19-4-6-22(23(28)13-19)24-9-11-30-27(32-24)31-21-5-7-25(35-15-18-2-3-18)20(12-21)16-34-14-17/h4-7,9,11-13,17-18H,2-3,8,10,14-16,28H2,1H3,(H,29,33)(H,30,31,32). The number of nitrogens with two attached hydrogens (primary N) is 1. The van der Waals surface area contributed by atoms with Crippen molar-refractivity contribution in [2.45, 2.75) is 32.8 Å². The minimum atomic E-state index is -0.146. The summed E-state index contributed by atoms with van der Waals surface area (Å²) in [5.74, 6) is 2.10. The molecule has 2 aliphatic heterocycles. The van der Waals surface area contributed by atoms with Gasteiger partial charge in [-0.15, -0.1) is 0 Å². The third kappa shape index (κ3) is 5.89. The maximum absolute atomic E-state index is 12.6. The van der Waals surface area contributed by atoms with Crippen molar-refractivity contribution in [1.82, 2.24) is 15.3 Å². The average Bonchev–Trinajstić information content (AvgIpc) is 3.68. The van der Waals surface area contributed by atoms with Gasteiger partial charge in [-0.3, -0.25) is 4.79 Å². The van der Waals surface area contributed by atoms with Crippen LogP contribution < -0.4 is 21.1 Å². The number of carbonyl (C=O) groups excluding carboxylic acids is 1. The molecule has 4 N–H and O–H groups in total. The van der Waals surface area contributed by atoms with E-state index >= 15 is 0 Å². The Labute approximate surface area is 205 Å². The number of anilines is 3. The molecule has 3 aliphatic rings. The van der Waals surface area contributed by atoms with Gasteiger partial charge in [0.2, 0.25) is 5.95 Å². The summed E-state index contributed by atoms with van der Waals surface area (Å²) >= 11 is 0. The van der Waals surface area contributed by atoms with Gasteiger partial charge in [0, 0.05) is 47.4 Å². The number of aromatic nitrogens is 2. The molecule has 1 unspecified atom stereocenters. The van der Waals surface area contributed by atoms with Crippen molar-refractivity contribution in [3.05, 3.63) is 59.8 Å². The van der Waals surface area contributed by atoms with E-state index in [1.807, 2.05) is 24.3 Å². The number of nitrogens with zero attached hydrogens (tertiary/aromatic N) is 2. The number of hydrogen-bond donors (Lipinski definition) is 3. The van der Waals surface area contributed by atoms with E-state index in [-0.39, 0.29) is 11.8 Å². The highest BCUT2D eigenvalue weighted by molar-refractivity contribution is 5.96. The van der Waals surface area contributed by atoms with E-state index < -0.39 is 0 Å². The van der Waals surface area contributed by atoms with Crippen LogP contribution in [0.4, 0.5) is 17.3 Å². The SMILES string of the molecule is CC1CCNC(=O)c2ccc(c(N)c2)-c2ccnc(n2)Nc2ccc(OCC3CC3)c(c2)COC1. The number of fused-ring (bicyclic) bond motifs is 9. The Hall–Kier alpha value is -3.65. The number of amides is 1. The van der Waals surface area contributed by atoms with Crippen molar-refractivity contribution < 1.29 is 14.3 Å². The van der Waals surface area contributed by atoms with E-state index in [0.29, 0.717) is 48.6 Å². The highest BCUT2D eigenvalue weighted by Gasteiger charge is 2.22. The lowest BCUT2D eigenvalue weighted by Crippen LogP contribution is -2.26. The third-order valence-electron chi connectivity index (χ3n) is 6.32. The Morgan fingerprint density at radius 1 is 1.14 bits per heavy atom. The first-order chi connectivity index (χ1) is 17.0. The molecule has 1 aromatic heterocycles. The topological polar surface area (TPSA) is 111 Å². The molecule has 0 radical (unpaired) electrons. The second-order valence-corrected chi connectivity index (χ2v) is 9.43. The zero-order chi connectivity index (χ0) is 24.2. The Kier molecular flexibility index (Phi) is 6.81. The van der Waals surface area contributed by atoms with E-state index in [0.717, 1.165) is 35.6 Å². The molecule has 1 fully saturated rings. The first-order valence-corrected chi connectivity index (χ1v) is 12.2. The number of hydrogen-bond acceptors (Lipinski definition) is 7. The Balaban J connectivity index is 1.45. The van der Waals surface area contributed by atoms with Crippen molar-refractivity contribution in [3.63, 3.8) is 0 Å². The zero-order valence-electron chi connectivity index (χ0n) is 19.9. The summed E-state index contributed by atoms with van der Waals surface area (Å²) in [5, 5.41) is 6.27. The predicted octanol–water partition coefficient (Wildman–Crippen LogP) is 4.54. The number of rotatable bonds is 3. The lowest BCUT2D eigenvalue weighted by molar-refractivity contribution is 0.0851. The molecule has 0 spiro atoms. The van der Waals surface area contributed by atoms with Crippen molar-refractivity contribution >= 4 is 23.2 Å². The molecule has 1 saturated carbocycles. The molecule has 8 nitrogen and oxygen atoms in total. The third-order valence-corrected chi connectivity index (χ3v) is 6.32. The van der Waals surface area contributed by atoms with Gasteiger partial charge in [0.25, 0.3) is 5.91 Å². The molecule has 1 atom stereocenters. The summed E-state index contributed by atoms with van der Waals surface area (Å²) in [4.78, 5) is 21.6. The van der Waals surface area contributed by atoms with Crippen LogP contribution in [0.5, 0.6) is 5.75 Å². The molecule has 6 bridgehead atoms. The van der Waals surface area contributed by atoms with Gasteiger partial charge in [-0.25, -0.2) is 9.97 Å². The summed E-state index contributed by atoms with van der Waals surface area (Å²) in [5.41, 5.74) is 10.6. The fourth-order valence-corrected chi connectivity index (χ4v) is 4.03. The molecule has 1 amide bonds. The van der Waals surface area contributed by atoms with Crippen LogP contribution >= 0.6 is 0 Å². The molecule has 182 valence electrons. The molecule has 35 heavy (non-hydrogen) atoms. The summed E-state index contributed by atoms with van der Waals surface area (Å²) in [6.45, 7) is 4.44. The maximum Gasteiger partial charge on any atom is 0.251 e. The predicted molar refractivity (Wildman–Crippen MR) is 136 cm³/mol. The smallest absolute Gasteiger partial charge is 0.251 e. The van der Waals surface area contributed by atoms with Gasteiger partial charge < -0.3 is 25.8 Å². The van der Waals surface area contributed by atoms with Crippen LogP contribution in [-0.2, 0) is 11.3 Å². The second-order valence-electron chi connectivity index (χ2n) is 9.43. The molecule has 3 aromatic rings.